The van der Waals surface area contributed by atoms with Crippen molar-refractivity contribution in [2.24, 2.45) is 5.92 Å². The Balaban J connectivity index is 1.99. The molecule has 1 aromatic heterocycles. The van der Waals surface area contributed by atoms with Crippen molar-refractivity contribution in [3.63, 3.8) is 0 Å². The maximum atomic E-state index is 12.2. The fourth-order valence-electron chi connectivity index (χ4n) is 2.12. The Morgan fingerprint density at radius 2 is 2.21 bits per heavy atom. The first-order chi connectivity index (χ1) is 9.05. The van der Waals surface area contributed by atoms with Gasteiger partial charge in [-0.1, -0.05) is 0 Å². The number of piperidine rings is 1. The van der Waals surface area contributed by atoms with Crippen LogP contribution in [0.15, 0.2) is 17.3 Å². The van der Waals surface area contributed by atoms with E-state index in [0.717, 1.165) is 0 Å². The zero-order chi connectivity index (χ0) is 13.9. The minimum absolute atomic E-state index is 0.0853. The molecule has 1 aliphatic rings. The van der Waals surface area contributed by atoms with Gasteiger partial charge in [0.05, 0.1) is 18.7 Å². The van der Waals surface area contributed by atoms with Crippen LogP contribution in [0.1, 0.15) is 19.8 Å². The number of aromatic nitrogens is 2. The lowest BCUT2D eigenvalue weighted by Gasteiger charge is -2.29. The first-order valence-electron chi connectivity index (χ1n) is 6.22. The van der Waals surface area contributed by atoms with E-state index < -0.39 is 10.0 Å². The number of nitrogens with zero attached hydrogens (tertiary/aromatic N) is 2. The fraction of sp³-hybridized carbons (Fsp3) is 0.636. The van der Waals surface area contributed by atoms with Crippen LogP contribution in [0.2, 0.25) is 0 Å². The van der Waals surface area contributed by atoms with Gasteiger partial charge in [-0.05, 0) is 25.8 Å². The van der Waals surface area contributed by atoms with Gasteiger partial charge in [0, 0.05) is 13.1 Å². The number of hydrogen-bond acceptors (Lipinski definition) is 5. The van der Waals surface area contributed by atoms with Crippen molar-refractivity contribution in [2.75, 3.05) is 19.7 Å². The van der Waals surface area contributed by atoms with E-state index in [9.17, 15) is 13.2 Å². The second-order valence-electron chi connectivity index (χ2n) is 4.35. The average Bonchev–Trinajstić information content (AvgIpc) is 2.94. The molecule has 7 nitrogen and oxygen atoms in total. The Morgan fingerprint density at radius 1 is 1.53 bits per heavy atom. The Morgan fingerprint density at radius 3 is 2.74 bits per heavy atom. The van der Waals surface area contributed by atoms with Gasteiger partial charge in [-0.2, -0.15) is 9.40 Å². The molecule has 2 heterocycles. The Bertz CT molecular complexity index is 518. The number of aromatic amines is 1. The molecule has 0 radical (unpaired) electrons. The van der Waals surface area contributed by atoms with E-state index in [0.29, 0.717) is 32.5 Å². The fourth-order valence-corrected chi connectivity index (χ4v) is 3.49. The summed E-state index contributed by atoms with van der Waals surface area (Å²) >= 11 is 0. The summed E-state index contributed by atoms with van der Waals surface area (Å²) in [6.45, 7) is 2.76. The predicted molar refractivity (Wildman–Crippen MR) is 66.7 cm³/mol. The molecule has 0 saturated carbocycles. The van der Waals surface area contributed by atoms with Crippen molar-refractivity contribution in [1.29, 1.82) is 0 Å². The van der Waals surface area contributed by atoms with Crippen molar-refractivity contribution < 1.29 is 17.9 Å². The number of H-pyrrole nitrogens is 1. The van der Waals surface area contributed by atoms with Crippen LogP contribution in [0.5, 0.6) is 0 Å². The lowest BCUT2D eigenvalue weighted by atomic mass is 9.98. The number of ether oxygens (including phenoxy) is 1. The zero-order valence-electron chi connectivity index (χ0n) is 10.7. The molecular weight excluding hydrogens is 270 g/mol. The van der Waals surface area contributed by atoms with Crippen LogP contribution in [0.3, 0.4) is 0 Å². The maximum absolute atomic E-state index is 12.2. The first-order valence-corrected chi connectivity index (χ1v) is 7.66. The number of sulfonamides is 1. The van der Waals surface area contributed by atoms with Crippen LogP contribution in [0.25, 0.3) is 0 Å². The molecule has 1 aliphatic heterocycles. The molecule has 0 bridgehead atoms. The summed E-state index contributed by atoms with van der Waals surface area (Å²) < 4.78 is 30.7. The number of rotatable bonds is 4. The summed E-state index contributed by atoms with van der Waals surface area (Å²) in [4.78, 5) is 11.6. The van der Waals surface area contributed by atoms with Crippen molar-refractivity contribution in [1.82, 2.24) is 14.5 Å². The van der Waals surface area contributed by atoms with Crippen LogP contribution in [-0.2, 0) is 19.6 Å². The van der Waals surface area contributed by atoms with Crippen LogP contribution in [-0.4, -0.2) is 48.6 Å². The van der Waals surface area contributed by atoms with Crippen molar-refractivity contribution in [3.05, 3.63) is 12.3 Å². The summed E-state index contributed by atoms with van der Waals surface area (Å²) in [6, 6.07) is 1.42. The number of carbonyl (C=O) groups excluding carboxylic acids is 1. The quantitative estimate of drug-likeness (QED) is 0.808. The molecule has 1 aromatic rings. The third-order valence-electron chi connectivity index (χ3n) is 3.17. The highest BCUT2D eigenvalue weighted by Crippen LogP contribution is 2.23. The van der Waals surface area contributed by atoms with Gasteiger partial charge in [0.15, 0.2) is 5.03 Å². The minimum atomic E-state index is -3.52. The van der Waals surface area contributed by atoms with Gasteiger partial charge in [-0.25, -0.2) is 8.42 Å². The smallest absolute Gasteiger partial charge is 0.309 e. The van der Waals surface area contributed by atoms with Crippen LogP contribution in [0.4, 0.5) is 0 Å². The Kier molecular flexibility index (Phi) is 4.20. The van der Waals surface area contributed by atoms with Crippen molar-refractivity contribution in [3.8, 4) is 0 Å². The van der Waals surface area contributed by atoms with Crippen LogP contribution < -0.4 is 0 Å². The summed E-state index contributed by atoms with van der Waals surface area (Å²) in [5, 5.41) is 6.19. The molecule has 0 aliphatic carbocycles. The highest BCUT2D eigenvalue weighted by Gasteiger charge is 2.33. The van der Waals surface area contributed by atoms with E-state index in [1.807, 2.05) is 0 Å². The summed E-state index contributed by atoms with van der Waals surface area (Å²) in [5.74, 6) is -0.436. The van der Waals surface area contributed by atoms with E-state index in [1.54, 1.807) is 6.92 Å². The van der Waals surface area contributed by atoms with Crippen LogP contribution in [0, 0.1) is 5.92 Å². The lowest BCUT2D eigenvalue weighted by Crippen LogP contribution is -2.40. The van der Waals surface area contributed by atoms with Crippen molar-refractivity contribution >= 4 is 16.0 Å². The van der Waals surface area contributed by atoms with Gasteiger partial charge in [0.2, 0.25) is 0 Å². The molecule has 106 valence electrons. The van der Waals surface area contributed by atoms with Crippen LogP contribution >= 0.6 is 0 Å². The maximum Gasteiger partial charge on any atom is 0.309 e. The Labute approximate surface area is 112 Å². The molecule has 1 saturated heterocycles. The SMILES string of the molecule is CCOC(=O)C1CCN(S(=O)(=O)c2ccn[nH]2)CC1. The third kappa shape index (κ3) is 2.95. The molecule has 2 rings (SSSR count). The standard InChI is InChI=1S/C11H17N3O4S/c1-2-18-11(15)9-4-7-14(8-5-9)19(16,17)10-3-6-12-13-10/h3,6,9H,2,4-5,7-8H2,1H3,(H,12,13). The second kappa shape index (κ2) is 5.70. The normalized spacial score (nSPS) is 18.4. The van der Waals surface area contributed by atoms with E-state index in [4.69, 9.17) is 4.74 Å². The summed E-state index contributed by atoms with van der Waals surface area (Å²) in [6.07, 6.45) is 2.39. The lowest BCUT2D eigenvalue weighted by molar-refractivity contribution is -0.149. The number of nitrogens with one attached hydrogen (secondary N) is 1. The molecule has 0 unspecified atom stereocenters. The highest BCUT2D eigenvalue weighted by molar-refractivity contribution is 7.89. The minimum Gasteiger partial charge on any atom is -0.466 e. The molecule has 0 spiro atoms. The molecule has 19 heavy (non-hydrogen) atoms. The first kappa shape index (κ1) is 14.0. The number of hydrogen-bond donors (Lipinski definition) is 1. The molecule has 0 amide bonds. The van der Waals surface area contributed by atoms with Crippen molar-refractivity contribution in [2.45, 2.75) is 24.8 Å². The van der Waals surface area contributed by atoms with Gasteiger partial charge in [0.1, 0.15) is 0 Å². The van der Waals surface area contributed by atoms with Gasteiger partial charge in [-0.3, -0.25) is 9.89 Å². The molecule has 1 N–H and O–H groups in total. The monoisotopic (exact) mass is 287 g/mol. The molecule has 0 atom stereocenters. The number of carbonyl (C=O) groups is 1. The number of esters is 1. The molecular formula is C11H17N3O4S. The van der Waals surface area contributed by atoms with E-state index in [-0.39, 0.29) is 16.9 Å². The molecule has 1 fully saturated rings. The zero-order valence-corrected chi connectivity index (χ0v) is 11.5. The predicted octanol–water partition coefficient (Wildman–Crippen LogP) is 0.373. The van der Waals surface area contributed by atoms with E-state index >= 15 is 0 Å². The summed E-state index contributed by atoms with van der Waals surface area (Å²) in [5.41, 5.74) is 0. The summed E-state index contributed by atoms with van der Waals surface area (Å²) in [7, 11) is -3.52. The molecule has 0 aromatic carbocycles. The Hall–Kier alpha value is -1.41. The van der Waals surface area contributed by atoms with E-state index in [2.05, 4.69) is 10.2 Å². The van der Waals surface area contributed by atoms with Gasteiger partial charge in [-0.15, -0.1) is 0 Å². The van der Waals surface area contributed by atoms with Gasteiger partial charge >= 0.3 is 5.97 Å². The average molecular weight is 287 g/mol. The largest absolute Gasteiger partial charge is 0.466 e. The second-order valence-corrected chi connectivity index (χ2v) is 6.26. The van der Waals surface area contributed by atoms with E-state index in [1.165, 1.54) is 16.6 Å². The van der Waals surface area contributed by atoms with Gasteiger partial charge in [0.25, 0.3) is 10.0 Å². The topological polar surface area (TPSA) is 92.4 Å². The van der Waals surface area contributed by atoms with Gasteiger partial charge < -0.3 is 4.74 Å². The third-order valence-corrected chi connectivity index (χ3v) is 5.00. The highest BCUT2D eigenvalue weighted by atomic mass is 32.2. The molecule has 8 heteroatoms.